The number of benzene rings is 1. The Morgan fingerprint density at radius 3 is 1.14 bits per heavy atom. The van der Waals surface area contributed by atoms with Crippen LogP contribution in [0.15, 0.2) is 24.3 Å². The van der Waals surface area contributed by atoms with Crippen LogP contribution in [0, 0.1) is 0 Å². The van der Waals surface area contributed by atoms with E-state index in [9.17, 15) is 0 Å². The lowest BCUT2D eigenvalue weighted by Gasteiger charge is -2.24. The lowest BCUT2D eigenvalue weighted by atomic mass is 10.3. The number of ether oxygens (including phenoxy) is 2. The molecule has 0 saturated carbocycles. The van der Waals surface area contributed by atoms with Crippen molar-refractivity contribution in [3.63, 3.8) is 0 Å². The van der Waals surface area contributed by atoms with Gasteiger partial charge in [0.25, 0.3) is 0 Å². The quantitative estimate of drug-likeness (QED) is 0.249. The molecule has 0 fully saturated rings. The Morgan fingerprint density at radius 2 is 0.909 bits per heavy atom. The minimum Gasteiger partial charge on any atom is -1.00 e. The van der Waals surface area contributed by atoms with Crippen LogP contribution in [0.4, 0.5) is 0 Å². The molecule has 0 bridgehead atoms. The Balaban J connectivity index is 0. The first kappa shape index (κ1) is 24.5. The van der Waals surface area contributed by atoms with Crippen molar-refractivity contribution in [1.29, 1.82) is 0 Å². The summed E-state index contributed by atoms with van der Waals surface area (Å²) in [4.78, 5) is 0. The van der Waals surface area contributed by atoms with Crippen molar-refractivity contribution < 1.29 is 66.4 Å². The highest BCUT2D eigenvalue weighted by molar-refractivity contribution is 5.31. The van der Waals surface area contributed by atoms with Crippen molar-refractivity contribution in [3.05, 3.63) is 24.3 Å². The van der Waals surface area contributed by atoms with Crippen molar-refractivity contribution in [3.8, 4) is 11.5 Å². The van der Waals surface area contributed by atoms with Gasteiger partial charge in [-0.25, -0.2) is 0 Å². The molecule has 130 valence electrons. The molecular formula is C16H30I2N2O2. The number of rotatable bonds is 8. The van der Waals surface area contributed by atoms with Crippen LogP contribution in [0.25, 0.3) is 0 Å². The average molecular weight is 536 g/mol. The number of quaternary nitrogens is 2. The van der Waals surface area contributed by atoms with E-state index in [1.54, 1.807) is 0 Å². The monoisotopic (exact) mass is 536 g/mol. The highest BCUT2D eigenvalue weighted by atomic mass is 127. The Morgan fingerprint density at radius 1 is 0.636 bits per heavy atom. The van der Waals surface area contributed by atoms with E-state index >= 15 is 0 Å². The van der Waals surface area contributed by atoms with Gasteiger partial charge in [0.1, 0.15) is 37.8 Å². The third-order valence-corrected chi connectivity index (χ3v) is 2.89. The molecule has 4 nitrogen and oxygen atoms in total. The normalized spacial score (nSPS) is 11.2. The van der Waals surface area contributed by atoms with Gasteiger partial charge < -0.3 is 66.4 Å². The Bertz CT molecular complexity index is 359. The van der Waals surface area contributed by atoms with E-state index in [4.69, 9.17) is 9.47 Å². The smallest absolute Gasteiger partial charge is 0.137 e. The molecule has 0 saturated heterocycles. The molecule has 0 radical (unpaired) electrons. The third-order valence-electron chi connectivity index (χ3n) is 2.89. The maximum atomic E-state index is 5.72. The van der Waals surface area contributed by atoms with E-state index in [1.807, 2.05) is 24.3 Å². The van der Waals surface area contributed by atoms with Gasteiger partial charge in [0.05, 0.1) is 42.3 Å². The molecule has 0 unspecified atom stereocenters. The summed E-state index contributed by atoms with van der Waals surface area (Å²) in [7, 11) is 13.0. The summed E-state index contributed by atoms with van der Waals surface area (Å²) in [5.74, 6) is 1.80. The van der Waals surface area contributed by atoms with Crippen LogP contribution in [-0.4, -0.2) is 77.6 Å². The van der Waals surface area contributed by atoms with Crippen molar-refractivity contribution in [2.45, 2.75) is 0 Å². The minimum atomic E-state index is 0. The third kappa shape index (κ3) is 12.7. The van der Waals surface area contributed by atoms with E-state index in [1.165, 1.54) is 0 Å². The Hall–Kier alpha value is 0.200. The molecule has 1 rings (SSSR count). The van der Waals surface area contributed by atoms with Crippen molar-refractivity contribution in [2.75, 3.05) is 68.6 Å². The molecular weight excluding hydrogens is 506 g/mol. The summed E-state index contributed by atoms with van der Waals surface area (Å²) in [6.45, 7) is 3.43. The number of likely N-dealkylation sites (N-methyl/N-ethyl adjacent to an activating group) is 2. The summed E-state index contributed by atoms with van der Waals surface area (Å²) in [6, 6.07) is 7.88. The summed E-state index contributed by atoms with van der Waals surface area (Å²) in [5, 5.41) is 0. The zero-order valence-electron chi connectivity index (χ0n) is 14.6. The maximum Gasteiger partial charge on any atom is 0.137 e. The van der Waals surface area contributed by atoms with Gasteiger partial charge in [-0.15, -0.1) is 0 Å². The first-order valence-corrected chi connectivity index (χ1v) is 7.12. The topological polar surface area (TPSA) is 18.5 Å². The van der Waals surface area contributed by atoms with Gasteiger partial charge in [0.15, 0.2) is 0 Å². The average Bonchev–Trinajstić information content (AvgIpc) is 2.28. The Kier molecular flexibility index (Phi) is 12.1. The second-order valence-corrected chi connectivity index (χ2v) is 7.20. The van der Waals surface area contributed by atoms with Gasteiger partial charge in [0, 0.05) is 0 Å². The number of hydrogen-bond acceptors (Lipinski definition) is 2. The fourth-order valence-corrected chi connectivity index (χ4v) is 1.51. The zero-order valence-corrected chi connectivity index (χ0v) is 18.9. The molecule has 0 aromatic heterocycles. The van der Waals surface area contributed by atoms with Crippen LogP contribution in [0.3, 0.4) is 0 Å². The lowest BCUT2D eigenvalue weighted by Crippen LogP contribution is -3.00. The number of halogens is 2. The van der Waals surface area contributed by atoms with Crippen molar-refractivity contribution in [2.24, 2.45) is 0 Å². The summed E-state index contributed by atoms with van der Waals surface area (Å²) < 4.78 is 13.3. The first-order chi connectivity index (χ1) is 9.16. The van der Waals surface area contributed by atoms with Crippen LogP contribution >= 0.6 is 0 Å². The van der Waals surface area contributed by atoms with E-state index in [0.29, 0.717) is 0 Å². The predicted octanol–water partition coefficient (Wildman–Crippen LogP) is -4.14. The van der Waals surface area contributed by atoms with Gasteiger partial charge in [-0.3, -0.25) is 0 Å². The van der Waals surface area contributed by atoms with Crippen molar-refractivity contribution in [1.82, 2.24) is 0 Å². The van der Waals surface area contributed by atoms with Gasteiger partial charge in [0.2, 0.25) is 0 Å². The van der Waals surface area contributed by atoms with E-state index in [2.05, 4.69) is 42.3 Å². The molecule has 0 amide bonds. The fourth-order valence-electron chi connectivity index (χ4n) is 1.51. The van der Waals surface area contributed by atoms with E-state index in [-0.39, 0.29) is 48.0 Å². The molecule has 0 atom stereocenters. The molecule has 0 aliphatic heterocycles. The lowest BCUT2D eigenvalue weighted by molar-refractivity contribution is -0.870. The standard InChI is InChI=1S/C16H30N2O2.2HI/c1-17(2,3)11-13-19-15-7-9-16(10-8-15)20-14-12-18(4,5)6;;/h7-10H,11-14H2,1-6H3;2*1H/q+2;;/p-2. The summed E-state index contributed by atoms with van der Waals surface area (Å²) in [5.41, 5.74) is 0. The van der Waals surface area contributed by atoms with Gasteiger partial charge in [-0.05, 0) is 24.3 Å². The molecule has 1 aromatic carbocycles. The van der Waals surface area contributed by atoms with Crippen LogP contribution in [0.5, 0.6) is 11.5 Å². The van der Waals surface area contributed by atoms with E-state index < -0.39 is 0 Å². The van der Waals surface area contributed by atoms with E-state index in [0.717, 1.165) is 46.8 Å². The van der Waals surface area contributed by atoms with Crippen LogP contribution in [0.2, 0.25) is 0 Å². The minimum absolute atomic E-state index is 0. The zero-order chi connectivity index (χ0) is 15.2. The largest absolute Gasteiger partial charge is 1.00 e. The fraction of sp³-hybridized carbons (Fsp3) is 0.625. The molecule has 0 spiro atoms. The molecule has 6 heteroatoms. The summed E-state index contributed by atoms with van der Waals surface area (Å²) >= 11 is 0. The second kappa shape index (κ2) is 10.9. The van der Waals surface area contributed by atoms with Crippen LogP contribution in [-0.2, 0) is 0 Å². The van der Waals surface area contributed by atoms with Crippen LogP contribution < -0.4 is 57.4 Å². The molecule has 22 heavy (non-hydrogen) atoms. The Labute approximate surface area is 170 Å². The molecule has 0 heterocycles. The van der Waals surface area contributed by atoms with Crippen LogP contribution in [0.1, 0.15) is 0 Å². The first-order valence-electron chi connectivity index (χ1n) is 7.12. The highest BCUT2D eigenvalue weighted by Gasteiger charge is 2.08. The SMILES string of the molecule is C[N+](C)(C)CCOc1ccc(OCC[N+](C)(C)C)cc1.[I-].[I-]. The van der Waals surface area contributed by atoms with Gasteiger partial charge >= 0.3 is 0 Å². The number of nitrogens with zero attached hydrogens (tertiary/aromatic N) is 2. The maximum absolute atomic E-state index is 5.72. The predicted molar refractivity (Wildman–Crippen MR) is 83.2 cm³/mol. The highest BCUT2D eigenvalue weighted by Crippen LogP contribution is 2.17. The van der Waals surface area contributed by atoms with Gasteiger partial charge in [-0.1, -0.05) is 0 Å². The molecule has 1 aromatic rings. The van der Waals surface area contributed by atoms with Crippen molar-refractivity contribution >= 4 is 0 Å². The second-order valence-electron chi connectivity index (χ2n) is 7.20. The summed E-state index contributed by atoms with van der Waals surface area (Å²) in [6.07, 6.45) is 0. The molecule has 0 aliphatic rings. The number of hydrogen-bond donors (Lipinski definition) is 0. The van der Waals surface area contributed by atoms with Gasteiger partial charge in [-0.2, -0.15) is 0 Å². The molecule has 0 N–H and O–H groups in total. The molecule has 0 aliphatic carbocycles.